The topological polar surface area (TPSA) is 72.3 Å². The van der Waals surface area contributed by atoms with E-state index in [1.54, 1.807) is 6.92 Å². The van der Waals surface area contributed by atoms with Crippen molar-refractivity contribution in [3.8, 4) is 0 Å². The van der Waals surface area contributed by atoms with E-state index < -0.39 is 5.97 Å². The number of aryl methyl sites for hydroxylation is 1. The first-order valence-electron chi connectivity index (χ1n) is 8.39. The predicted octanol–water partition coefficient (Wildman–Crippen LogP) is 3.73. The fraction of sp³-hybridized carbons (Fsp3) is 0.421. The monoisotopic (exact) mass is 326 g/mol. The second-order valence-electron chi connectivity index (χ2n) is 6.23. The summed E-state index contributed by atoms with van der Waals surface area (Å²) in [6.45, 7) is 1.77. The van der Waals surface area contributed by atoms with Crippen molar-refractivity contribution >= 4 is 5.97 Å². The van der Waals surface area contributed by atoms with Crippen molar-refractivity contribution in [3.63, 3.8) is 0 Å². The molecule has 1 aliphatic rings. The number of carboxylic acids is 1. The quantitative estimate of drug-likeness (QED) is 0.906. The molecule has 0 unspecified atom stereocenters. The van der Waals surface area contributed by atoms with E-state index in [1.807, 2.05) is 18.2 Å². The zero-order chi connectivity index (χ0) is 16.9. The molecule has 126 valence electrons. The SMILES string of the molecule is Cc1c(CC[C@H]2CCC[C@@H](c3ccccc3)O2)ncnc1C(=O)O. The first-order chi connectivity index (χ1) is 11.6. The Morgan fingerprint density at radius 2 is 2.04 bits per heavy atom. The highest BCUT2D eigenvalue weighted by Gasteiger charge is 2.24. The van der Waals surface area contributed by atoms with Crippen molar-refractivity contribution in [1.82, 2.24) is 9.97 Å². The van der Waals surface area contributed by atoms with Gasteiger partial charge in [-0.15, -0.1) is 0 Å². The van der Waals surface area contributed by atoms with Crippen LogP contribution in [0.3, 0.4) is 0 Å². The Kier molecular flexibility index (Phi) is 5.20. The van der Waals surface area contributed by atoms with E-state index in [0.29, 0.717) is 12.0 Å². The van der Waals surface area contributed by atoms with Gasteiger partial charge in [-0.1, -0.05) is 30.3 Å². The van der Waals surface area contributed by atoms with Crippen LogP contribution >= 0.6 is 0 Å². The maximum absolute atomic E-state index is 11.2. The molecule has 0 saturated carbocycles. The van der Waals surface area contributed by atoms with E-state index >= 15 is 0 Å². The third-order valence-electron chi connectivity index (χ3n) is 4.61. The molecular formula is C19H22N2O3. The zero-order valence-electron chi connectivity index (χ0n) is 13.8. The van der Waals surface area contributed by atoms with Crippen molar-refractivity contribution in [2.24, 2.45) is 0 Å². The smallest absolute Gasteiger partial charge is 0.354 e. The minimum absolute atomic E-state index is 0.0896. The van der Waals surface area contributed by atoms with Gasteiger partial charge in [-0.05, 0) is 44.6 Å². The van der Waals surface area contributed by atoms with Crippen LogP contribution in [0.15, 0.2) is 36.7 Å². The molecule has 2 heterocycles. The lowest BCUT2D eigenvalue weighted by molar-refractivity contribution is -0.0547. The van der Waals surface area contributed by atoms with Crippen molar-refractivity contribution in [1.29, 1.82) is 0 Å². The number of hydrogen-bond acceptors (Lipinski definition) is 4. The molecule has 2 atom stereocenters. The van der Waals surface area contributed by atoms with Gasteiger partial charge in [0.1, 0.15) is 6.33 Å². The second kappa shape index (κ2) is 7.53. The van der Waals surface area contributed by atoms with Gasteiger partial charge in [0.2, 0.25) is 0 Å². The van der Waals surface area contributed by atoms with Crippen molar-refractivity contribution in [2.45, 2.75) is 51.2 Å². The van der Waals surface area contributed by atoms with Crippen LogP contribution in [0.25, 0.3) is 0 Å². The summed E-state index contributed by atoms with van der Waals surface area (Å²) in [4.78, 5) is 19.3. The maximum Gasteiger partial charge on any atom is 0.354 e. The summed E-state index contributed by atoms with van der Waals surface area (Å²) >= 11 is 0. The number of rotatable bonds is 5. The van der Waals surface area contributed by atoms with Crippen LogP contribution in [0.1, 0.15) is 59.1 Å². The molecule has 0 spiro atoms. The summed E-state index contributed by atoms with van der Waals surface area (Å²) in [5.74, 6) is -1.01. The molecule has 1 aliphatic heterocycles. The molecule has 0 aliphatic carbocycles. The maximum atomic E-state index is 11.2. The van der Waals surface area contributed by atoms with Gasteiger partial charge in [-0.2, -0.15) is 0 Å². The summed E-state index contributed by atoms with van der Waals surface area (Å²) in [7, 11) is 0. The minimum Gasteiger partial charge on any atom is -0.477 e. The van der Waals surface area contributed by atoms with Gasteiger partial charge in [0, 0.05) is 11.3 Å². The van der Waals surface area contributed by atoms with E-state index in [1.165, 1.54) is 11.9 Å². The Hall–Kier alpha value is -2.27. The van der Waals surface area contributed by atoms with Crippen LogP contribution < -0.4 is 0 Å². The summed E-state index contributed by atoms with van der Waals surface area (Å²) in [5.41, 5.74) is 2.77. The first-order valence-corrected chi connectivity index (χ1v) is 8.39. The number of aromatic nitrogens is 2. The number of aromatic carboxylic acids is 1. The van der Waals surface area contributed by atoms with E-state index in [9.17, 15) is 4.79 Å². The lowest BCUT2D eigenvalue weighted by Gasteiger charge is -2.30. The van der Waals surface area contributed by atoms with Gasteiger partial charge in [-0.3, -0.25) is 0 Å². The molecule has 1 aromatic carbocycles. The second-order valence-corrected chi connectivity index (χ2v) is 6.23. The Morgan fingerprint density at radius 1 is 1.25 bits per heavy atom. The summed E-state index contributed by atoms with van der Waals surface area (Å²) in [6, 6.07) is 10.3. The van der Waals surface area contributed by atoms with E-state index in [-0.39, 0.29) is 17.9 Å². The van der Waals surface area contributed by atoms with E-state index in [2.05, 4.69) is 22.1 Å². The highest BCUT2D eigenvalue weighted by Crippen LogP contribution is 2.32. The Labute approximate surface area is 141 Å². The summed E-state index contributed by atoms with van der Waals surface area (Å²) < 4.78 is 6.25. The Balaban J connectivity index is 1.63. The van der Waals surface area contributed by atoms with E-state index in [0.717, 1.165) is 31.4 Å². The predicted molar refractivity (Wildman–Crippen MR) is 90.0 cm³/mol. The molecule has 1 fully saturated rings. The molecule has 1 aromatic heterocycles. The molecule has 1 saturated heterocycles. The fourth-order valence-corrected chi connectivity index (χ4v) is 3.28. The molecule has 24 heavy (non-hydrogen) atoms. The summed E-state index contributed by atoms with van der Waals surface area (Å²) in [6.07, 6.45) is 6.47. The highest BCUT2D eigenvalue weighted by atomic mass is 16.5. The number of benzene rings is 1. The Morgan fingerprint density at radius 3 is 2.79 bits per heavy atom. The van der Waals surface area contributed by atoms with E-state index in [4.69, 9.17) is 9.84 Å². The standard InChI is InChI=1S/C19H22N2O3/c1-13-16(20-12-21-18(13)19(22)23)11-10-15-8-5-9-17(24-15)14-6-3-2-4-7-14/h2-4,6-7,12,15,17H,5,8-11H2,1H3,(H,22,23)/t15-,17+/m1/s1. The average Bonchev–Trinajstić information content (AvgIpc) is 2.61. The zero-order valence-corrected chi connectivity index (χ0v) is 13.8. The lowest BCUT2D eigenvalue weighted by Crippen LogP contribution is -2.23. The third-order valence-corrected chi connectivity index (χ3v) is 4.61. The van der Waals surface area contributed by atoms with Crippen LogP contribution in [0, 0.1) is 6.92 Å². The number of nitrogens with zero attached hydrogens (tertiary/aromatic N) is 2. The fourth-order valence-electron chi connectivity index (χ4n) is 3.28. The lowest BCUT2D eigenvalue weighted by atomic mass is 9.95. The first kappa shape index (κ1) is 16.6. The van der Waals surface area contributed by atoms with Crippen molar-refractivity contribution < 1.29 is 14.6 Å². The van der Waals surface area contributed by atoms with Gasteiger partial charge in [0.05, 0.1) is 12.2 Å². The van der Waals surface area contributed by atoms with Crippen LogP contribution in [-0.4, -0.2) is 27.1 Å². The molecule has 5 heteroatoms. The largest absolute Gasteiger partial charge is 0.477 e. The molecule has 2 aromatic rings. The Bertz CT molecular complexity index is 703. The molecule has 0 amide bonds. The van der Waals surface area contributed by atoms with Gasteiger partial charge >= 0.3 is 5.97 Å². The van der Waals surface area contributed by atoms with Gasteiger partial charge in [0.15, 0.2) is 5.69 Å². The number of ether oxygens (including phenoxy) is 1. The number of carboxylic acid groups (broad SMARTS) is 1. The average molecular weight is 326 g/mol. The van der Waals surface area contributed by atoms with Crippen LogP contribution in [0.2, 0.25) is 0 Å². The van der Waals surface area contributed by atoms with Gasteiger partial charge < -0.3 is 9.84 Å². The van der Waals surface area contributed by atoms with Crippen LogP contribution in [-0.2, 0) is 11.2 Å². The minimum atomic E-state index is -1.01. The molecule has 0 bridgehead atoms. The number of hydrogen-bond donors (Lipinski definition) is 1. The molecule has 1 N–H and O–H groups in total. The van der Waals surface area contributed by atoms with Gasteiger partial charge in [-0.25, -0.2) is 14.8 Å². The molecule has 0 radical (unpaired) electrons. The van der Waals surface area contributed by atoms with Crippen molar-refractivity contribution in [2.75, 3.05) is 0 Å². The molecular weight excluding hydrogens is 304 g/mol. The normalized spacial score (nSPS) is 20.7. The third kappa shape index (κ3) is 3.79. The van der Waals surface area contributed by atoms with Crippen molar-refractivity contribution in [3.05, 3.63) is 59.2 Å². The van der Waals surface area contributed by atoms with Gasteiger partial charge in [0.25, 0.3) is 0 Å². The highest BCUT2D eigenvalue weighted by molar-refractivity contribution is 5.87. The number of carbonyl (C=O) groups is 1. The molecule has 3 rings (SSSR count). The molecule has 5 nitrogen and oxygen atoms in total. The van der Waals surface area contributed by atoms with Crippen LogP contribution in [0.5, 0.6) is 0 Å². The summed E-state index contributed by atoms with van der Waals surface area (Å²) in [5, 5.41) is 9.15. The van der Waals surface area contributed by atoms with Crippen LogP contribution in [0.4, 0.5) is 0 Å².